The van der Waals surface area contributed by atoms with Gasteiger partial charge in [0.2, 0.25) is 0 Å². The number of nitrogens with zero attached hydrogens (tertiary/aromatic N) is 2. The number of aromatic carboxylic acids is 1. The lowest BCUT2D eigenvalue weighted by atomic mass is 9.98. The molecule has 0 radical (unpaired) electrons. The number of aliphatic hydroxyl groups is 1. The molecule has 11 heteroatoms. The zero-order valence-corrected chi connectivity index (χ0v) is 24.3. The molecule has 0 aliphatic rings. The van der Waals surface area contributed by atoms with E-state index in [1.807, 2.05) is 24.3 Å². The minimum atomic E-state index is -1.11. The SMILES string of the molecule is Cc1ccc(Oc2nc3c(F)c(-c4ccc(-c5ccc(C(/C=C\N)=NCCOCCO)cc5)cc4)c(F)cc3[nH]2)cc1C(=O)O. The maximum Gasteiger partial charge on any atom is 0.336 e. The molecule has 0 aliphatic carbocycles. The molecular weight excluding hydrogens is 582 g/mol. The van der Waals surface area contributed by atoms with Gasteiger partial charge in [0.05, 0.1) is 48.7 Å². The molecule has 0 saturated carbocycles. The molecule has 1 heterocycles. The van der Waals surface area contributed by atoms with Crippen LogP contribution in [-0.2, 0) is 4.74 Å². The Morgan fingerprint density at radius 1 is 1.00 bits per heavy atom. The van der Waals surface area contributed by atoms with Crippen LogP contribution in [0.4, 0.5) is 8.78 Å². The Morgan fingerprint density at radius 2 is 1.69 bits per heavy atom. The van der Waals surface area contributed by atoms with Gasteiger partial charge in [-0.15, -0.1) is 0 Å². The van der Waals surface area contributed by atoms with Crippen LogP contribution in [0.25, 0.3) is 33.3 Å². The number of hydrogen-bond donors (Lipinski definition) is 4. The molecule has 0 spiro atoms. The van der Waals surface area contributed by atoms with Crippen molar-refractivity contribution < 1.29 is 33.3 Å². The first-order valence-electron chi connectivity index (χ1n) is 14.0. The maximum absolute atomic E-state index is 15.6. The third-order valence-electron chi connectivity index (χ3n) is 7.00. The molecule has 0 saturated heterocycles. The van der Waals surface area contributed by atoms with Gasteiger partial charge < -0.3 is 30.4 Å². The number of carboxylic acids is 1. The van der Waals surface area contributed by atoms with E-state index in [1.54, 1.807) is 49.4 Å². The summed E-state index contributed by atoms with van der Waals surface area (Å²) in [6.45, 7) is 2.65. The van der Waals surface area contributed by atoms with Crippen molar-refractivity contribution in [1.29, 1.82) is 0 Å². The Bertz CT molecular complexity index is 1880. The average Bonchev–Trinajstić information content (AvgIpc) is 3.44. The number of fused-ring (bicyclic) bond motifs is 1. The summed E-state index contributed by atoms with van der Waals surface area (Å²) in [7, 11) is 0. The number of rotatable bonds is 12. The van der Waals surface area contributed by atoms with E-state index in [9.17, 15) is 9.90 Å². The highest BCUT2D eigenvalue weighted by Crippen LogP contribution is 2.34. The van der Waals surface area contributed by atoms with E-state index in [1.165, 1.54) is 12.3 Å². The first-order chi connectivity index (χ1) is 21.8. The van der Waals surface area contributed by atoms with E-state index in [0.717, 1.165) is 22.8 Å². The van der Waals surface area contributed by atoms with Gasteiger partial charge in [0.25, 0.3) is 6.01 Å². The molecule has 5 N–H and O–H groups in total. The van der Waals surface area contributed by atoms with Crippen molar-refractivity contribution in [1.82, 2.24) is 9.97 Å². The van der Waals surface area contributed by atoms with Crippen LogP contribution in [-0.4, -0.2) is 58.2 Å². The normalized spacial score (nSPS) is 11.9. The summed E-state index contributed by atoms with van der Waals surface area (Å²) < 4.78 is 41.7. The smallest absolute Gasteiger partial charge is 0.336 e. The number of nitrogens with two attached hydrogens (primary N) is 1. The van der Waals surface area contributed by atoms with Crippen LogP contribution in [0.3, 0.4) is 0 Å². The molecule has 5 rings (SSSR count). The number of benzene rings is 4. The Kier molecular flexibility index (Phi) is 9.61. The van der Waals surface area contributed by atoms with Crippen LogP contribution in [0.2, 0.25) is 0 Å². The number of ether oxygens (including phenoxy) is 2. The number of carboxylic acid groups (broad SMARTS) is 1. The summed E-state index contributed by atoms with van der Waals surface area (Å²) >= 11 is 0. The van der Waals surface area contributed by atoms with Crippen molar-refractivity contribution in [3.8, 4) is 34.0 Å². The van der Waals surface area contributed by atoms with Crippen LogP contribution in [0, 0.1) is 18.6 Å². The van der Waals surface area contributed by atoms with Crippen LogP contribution in [0.15, 0.2) is 90.1 Å². The van der Waals surface area contributed by atoms with Gasteiger partial charge >= 0.3 is 5.97 Å². The highest BCUT2D eigenvalue weighted by atomic mass is 19.1. The van der Waals surface area contributed by atoms with Gasteiger partial charge in [-0.3, -0.25) is 4.99 Å². The predicted octanol–water partition coefficient (Wildman–Crippen LogP) is 6.24. The van der Waals surface area contributed by atoms with E-state index >= 15 is 8.78 Å². The second-order valence-electron chi connectivity index (χ2n) is 9.99. The van der Waals surface area contributed by atoms with Gasteiger partial charge in [0.15, 0.2) is 5.82 Å². The van der Waals surface area contributed by atoms with Crippen molar-refractivity contribution in [2.24, 2.45) is 10.7 Å². The van der Waals surface area contributed by atoms with E-state index in [2.05, 4.69) is 15.0 Å². The van der Waals surface area contributed by atoms with Gasteiger partial charge in [-0.25, -0.2) is 13.6 Å². The van der Waals surface area contributed by atoms with Crippen LogP contribution >= 0.6 is 0 Å². The molecule has 0 amide bonds. The topological polar surface area (TPSA) is 143 Å². The number of aliphatic hydroxyl groups excluding tert-OH is 1. The maximum atomic E-state index is 15.6. The summed E-state index contributed by atoms with van der Waals surface area (Å²) in [6.07, 6.45) is 3.11. The Hall–Kier alpha value is -5.39. The second kappa shape index (κ2) is 13.9. The van der Waals surface area contributed by atoms with Crippen LogP contribution in [0.1, 0.15) is 21.5 Å². The first-order valence-corrected chi connectivity index (χ1v) is 14.0. The van der Waals surface area contributed by atoms with Crippen molar-refractivity contribution in [3.63, 3.8) is 0 Å². The number of hydrogen-bond acceptors (Lipinski definition) is 7. The minimum Gasteiger partial charge on any atom is -0.478 e. The molecule has 0 aliphatic heterocycles. The molecule has 5 aromatic rings. The number of H-pyrrole nitrogens is 1. The molecular formula is C34H30F2N4O5. The van der Waals surface area contributed by atoms with E-state index < -0.39 is 17.6 Å². The molecule has 1 aromatic heterocycles. The molecule has 9 nitrogen and oxygen atoms in total. The first kappa shape index (κ1) is 31.0. The molecule has 230 valence electrons. The third-order valence-corrected chi connectivity index (χ3v) is 7.00. The van der Waals surface area contributed by atoms with Crippen molar-refractivity contribution in [2.45, 2.75) is 6.92 Å². The molecule has 0 atom stereocenters. The van der Waals surface area contributed by atoms with Gasteiger partial charge in [-0.2, -0.15) is 4.98 Å². The lowest BCUT2D eigenvalue weighted by Crippen LogP contribution is -2.06. The molecule has 4 aromatic carbocycles. The largest absolute Gasteiger partial charge is 0.478 e. The van der Waals surface area contributed by atoms with Crippen molar-refractivity contribution in [3.05, 3.63) is 113 Å². The summed E-state index contributed by atoms with van der Waals surface area (Å²) in [5.41, 5.74) is 9.54. The lowest BCUT2D eigenvalue weighted by Gasteiger charge is -2.09. The van der Waals surface area contributed by atoms with Gasteiger partial charge in [0.1, 0.15) is 17.1 Å². The van der Waals surface area contributed by atoms with Gasteiger partial charge in [-0.1, -0.05) is 54.6 Å². The summed E-state index contributed by atoms with van der Waals surface area (Å²) in [4.78, 5) is 22.9. The predicted molar refractivity (Wildman–Crippen MR) is 168 cm³/mol. The van der Waals surface area contributed by atoms with Crippen LogP contribution < -0.4 is 10.5 Å². The highest BCUT2D eigenvalue weighted by molar-refractivity contribution is 6.08. The summed E-state index contributed by atoms with van der Waals surface area (Å²) in [5, 5.41) is 18.2. The van der Waals surface area contributed by atoms with Gasteiger partial charge in [-0.05, 0) is 59.1 Å². The lowest BCUT2D eigenvalue weighted by molar-refractivity contribution is 0.0695. The molecule has 0 bridgehead atoms. The number of allylic oxidation sites excluding steroid dienone is 1. The second-order valence-corrected chi connectivity index (χ2v) is 9.99. The number of aromatic amines is 1. The number of nitrogens with one attached hydrogen (secondary N) is 1. The Morgan fingerprint density at radius 3 is 2.36 bits per heavy atom. The average molecular weight is 613 g/mol. The number of carbonyl (C=O) groups is 1. The fourth-order valence-electron chi connectivity index (χ4n) is 4.77. The Labute approximate surface area is 257 Å². The Balaban J connectivity index is 1.36. The summed E-state index contributed by atoms with van der Waals surface area (Å²) in [6, 6.07) is 20.0. The van der Waals surface area contributed by atoms with Crippen molar-refractivity contribution >= 4 is 22.7 Å². The fraction of sp³-hybridized carbons (Fsp3) is 0.147. The number of aliphatic imine (C=N–C) groups is 1. The third kappa shape index (κ3) is 7.06. The highest BCUT2D eigenvalue weighted by Gasteiger charge is 2.20. The zero-order valence-electron chi connectivity index (χ0n) is 24.3. The zero-order chi connectivity index (χ0) is 31.9. The van der Waals surface area contributed by atoms with E-state index in [4.69, 9.17) is 20.3 Å². The van der Waals surface area contributed by atoms with E-state index in [-0.39, 0.29) is 47.1 Å². The quantitative estimate of drug-likeness (QED) is 0.0964. The van der Waals surface area contributed by atoms with Crippen molar-refractivity contribution in [2.75, 3.05) is 26.4 Å². The monoisotopic (exact) mass is 612 g/mol. The van der Waals surface area contributed by atoms with Crippen LogP contribution in [0.5, 0.6) is 11.8 Å². The number of aryl methyl sites for hydroxylation is 1. The summed E-state index contributed by atoms with van der Waals surface area (Å²) in [5.74, 6) is -2.56. The molecule has 0 fully saturated rings. The molecule has 45 heavy (non-hydrogen) atoms. The number of aromatic nitrogens is 2. The number of halogens is 2. The standard InChI is InChI=1S/C34H30F2N4O5/c1-20-2-11-25(18-26(20)33(42)43)45-34-39-29-19-27(35)30(31(36)32(29)40-34)24-9-5-22(6-10-24)21-3-7-23(8-4-21)28(12-13-37)38-14-16-44-17-15-41/h2-13,18-19,41H,14-17,37H2,1H3,(H,39,40)(H,42,43)/b13-12-,38-28?. The van der Waals surface area contributed by atoms with Gasteiger partial charge in [0, 0.05) is 6.07 Å². The fourth-order valence-corrected chi connectivity index (χ4v) is 4.77. The van der Waals surface area contributed by atoms with E-state index in [0.29, 0.717) is 30.0 Å². The molecule has 0 unspecified atom stereocenters. The minimum absolute atomic E-state index is 0.0460. The number of imidazole rings is 1.